The quantitative estimate of drug-likeness (QED) is 0.394. The van der Waals surface area contributed by atoms with Gasteiger partial charge in [-0.3, -0.25) is 9.59 Å². The first kappa shape index (κ1) is 23.0. The topological polar surface area (TPSA) is 66.8 Å². The van der Waals surface area contributed by atoms with Crippen LogP contribution in [0.1, 0.15) is 38.4 Å². The lowest BCUT2D eigenvalue weighted by atomic mass is 10.1. The van der Waals surface area contributed by atoms with Gasteiger partial charge in [-0.1, -0.05) is 27.5 Å². The molecule has 0 fully saturated rings. The van der Waals surface area contributed by atoms with E-state index in [0.717, 1.165) is 26.2 Å². The fourth-order valence-electron chi connectivity index (χ4n) is 3.62. The molecule has 0 saturated heterocycles. The maximum Gasteiger partial charge on any atom is 0.268 e. The van der Waals surface area contributed by atoms with E-state index in [-0.39, 0.29) is 24.7 Å². The van der Waals surface area contributed by atoms with Gasteiger partial charge in [0.15, 0.2) is 5.78 Å². The highest BCUT2D eigenvalue weighted by atomic mass is 79.9. The van der Waals surface area contributed by atoms with E-state index in [9.17, 15) is 9.59 Å². The van der Waals surface area contributed by atoms with Crippen LogP contribution >= 0.6 is 38.9 Å². The predicted octanol–water partition coefficient (Wildman–Crippen LogP) is 6.00. The number of thiophene rings is 1. The number of amides is 1. The third-order valence-electron chi connectivity index (χ3n) is 5.33. The molecule has 8 heteroatoms. The Morgan fingerprint density at radius 2 is 2.03 bits per heavy atom. The van der Waals surface area contributed by atoms with Gasteiger partial charge in [-0.05, 0) is 54.4 Å². The molecule has 1 N–H and O–H groups in total. The summed E-state index contributed by atoms with van der Waals surface area (Å²) in [5, 5.41) is 9.36. The Hall–Kier alpha value is -2.19. The Labute approximate surface area is 203 Å². The Morgan fingerprint density at radius 1 is 1.22 bits per heavy atom. The molecular formula is C24H21BrClNO4S. The minimum Gasteiger partial charge on any atom is -0.493 e. The summed E-state index contributed by atoms with van der Waals surface area (Å²) in [5.74, 6) is 0.511. The molecule has 1 aliphatic heterocycles. The highest BCUT2D eigenvalue weighted by molar-refractivity contribution is 9.10. The van der Waals surface area contributed by atoms with E-state index in [1.807, 2.05) is 24.3 Å². The number of carbonyl (C=O) groups excluding carboxylic acids is 2. The standard InChI is InChI=1S/C24H21BrClNO4S/c1-27(19-11-14(4-7-18(19)26)20(29)3-2-9-28)24(30)22-12-15-8-10-31-21-13-16(25)5-6-17(21)23(15)32-22/h4-7,11-13,28H,2-3,8-10H2,1H3. The summed E-state index contributed by atoms with van der Waals surface area (Å²) in [5.41, 5.74) is 2.99. The van der Waals surface area contributed by atoms with Crippen LogP contribution < -0.4 is 9.64 Å². The molecule has 5 nitrogen and oxygen atoms in total. The first-order valence-electron chi connectivity index (χ1n) is 10.2. The van der Waals surface area contributed by atoms with E-state index in [1.165, 1.54) is 16.2 Å². The van der Waals surface area contributed by atoms with Crippen molar-refractivity contribution >= 4 is 56.2 Å². The molecule has 0 radical (unpaired) electrons. The molecule has 0 unspecified atom stereocenters. The first-order chi connectivity index (χ1) is 15.4. The number of ketones is 1. The van der Waals surface area contributed by atoms with Crippen molar-refractivity contribution in [2.75, 3.05) is 25.2 Å². The highest BCUT2D eigenvalue weighted by Gasteiger charge is 2.24. The molecule has 1 aromatic heterocycles. The lowest BCUT2D eigenvalue weighted by molar-refractivity contribution is 0.0967. The number of Topliss-reactive ketones (excluding diaryl/α,β-unsaturated/α-hetero) is 1. The molecule has 2 heterocycles. The van der Waals surface area contributed by atoms with Crippen LogP contribution in [-0.4, -0.2) is 37.1 Å². The second kappa shape index (κ2) is 9.75. The summed E-state index contributed by atoms with van der Waals surface area (Å²) < 4.78 is 6.82. The number of hydrogen-bond acceptors (Lipinski definition) is 5. The van der Waals surface area contributed by atoms with Crippen LogP contribution in [0.3, 0.4) is 0 Å². The highest BCUT2D eigenvalue weighted by Crippen LogP contribution is 2.42. The molecule has 0 saturated carbocycles. The number of nitrogens with zero attached hydrogens (tertiary/aromatic N) is 1. The van der Waals surface area contributed by atoms with Crippen LogP contribution in [0.5, 0.6) is 5.75 Å². The van der Waals surface area contributed by atoms with Gasteiger partial charge in [-0.2, -0.15) is 0 Å². The van der Waals surface area contributed by atoms with Gasteiger partial charge in [0.05, 0.1) is 22.2 Å². The zero-order valence-electron chi connectivity index (χ0n) is 17.4. The number of hydrogen-bond donors (Lipinski definition) is 1. The second-order valence-electron chi connectivity index (χ2n) is 7.48. The predicted molar refractivity (Wildman–Crippen MR) is 131 cm³/mol. The zero-order chi connectivity index (χ0) is 22.8. The van der Waals surface area contributed by atoms with Gasteiger partial charge in [0.25, 0.3) is 5.91 Å². The van der Waals surface area contributed by atoms with Crippen molar-refractivity contribution in [3.63, 3.8) is 0 Å². The summed E-state index contributed by atoms with van der Waals surface area (Å²) >= 11 is 11.3. The monoisotopic (exact) mass is 533 g/mol. The number of aliphatic hydroxyl groups excluding tert-OH is 1. The van der Waals surface area contributed by atoms with Gasteiger partial charge >= 0.3 is 0 Å². The maximum absolute atomic E-state index is 13.3. The van der Waals surface area contributed by atoms with Gasteiger partial charge in [0.2, 0.25) is 0 Å². The van der Waals surface area contributed by atoms with Crippen LogP contribution in [0.4, 0.5) is 5.69 Å². The van der Waals surface area contributed by atoms with Gasteiger partial charge in [-0.15, -0.1) is 11.3 Å². The number of anilines is 1. The Kier molecular flexibility index (Phi) is 7.00. The van der Waals surface area contributed by atoms with Crippen molar-refractivity contribution in [2.45, 2.75) is 19.3 Å². The SMILES string of the molecule is CN(C(=O)c1cc2c(s1)-c1ccc(Br)cc1OCC2)c1cc(C(=O)CCCO)ccc1Cl. The molecular weight excluding hydrogens is 514 g/mol. The molecule has 4 rings (SSSR count). The van der Waals surface area contributed by atoms with Crippen molar-refractivity contribution in [3.05, 3.63) is 68.0 Å². The summed E-state index contributed by atoms with van der Waals surface area (Å²) in [4.78, 5) is 28.8. The van der Waals surface area contributed by atoms with Crippen molar-refractivity contribution in [3.8, 4) is 16.2 Å². The van der Waals surface area contributed by atoms with E-state index in [1.54, 1.807) is 25.2 Å². The number of ether oxygens (including phenoxy) is 1. The minimum atomic E-state index is -0.190. The minimum absolute atomic E-state index is 0.0429. The average molecular weight is 535 g/mol. The van der Waals surface area contributed by atoms with Gasteiger partial charge in [0, 0.05) is 47.0 Å². The lowest BCUT2D eigenvalue weighted by Gasteiger charge is -2.19. The largest absolute Gasteiger partial charge is 0.493 e. The summed E-state index contributed by atoms with van der Waals surface area (Å²) in [6.45, 7) is 0.499. The van der Waals surface area contributed by atoms with E-state index < -0.39 is 0 Å². The molecule has 3 aromatic rings. The number of benzene rings is 2. The molecule has 0 aliphatic carbocycles. The van der Waals surface area contributed by atoms with Crippen molar-refractivity contribution in [2.24, 2.45) is 0 Å². The summed E-state index contributed by atoms with van der Waals surface area (Å²) in [6.07, 6.45) is 1.35. The third-order valence-corrected chi connectivity index (χ3v) is 7.34. The van der Waals surface area contributed by atoms with E-state index in [0.29, 0.717) is 40.6 Å². The fraction of sp³-hybridized carbons (Fsp3) is 0.250. The molecule has 0 atom stereocenters. The van der Waals surface area contributed by atoms with Gasteiger partial charge < -0.3 is 14.7 Å². The molecule has 166 valence electrons. The molecule has 0 spiro atoms. The number of rotatable bonds is 6. The van der Waals surface area contributed by atoms with Crippen molar-refractivity contribution < 1.29 is 19.4 Å². The van der Waals surface area contributed by atoms with Crippen molar-refractivity contribution in [1.82, 2.24) is 0 Å². The van der Waals surface area contributed by atoms with E-state index in [4.69, 9.17) is 21.4 Å². The average Bonchev–Trinajstić information content (AvgIpc) is 3.13. The van der Waals surface area contributed by atoms with Crippen LogP contribution in [0.25, 0.3) is 10.4 Å². The number of carbonyl (C=O) groups is 2. The zero-order valence-corrected chi connectivity index (χ0v) is 20.5. The fourth-order valence-corrected chi connectivity index (χ4v) is 5.42. The normalized spacial score (nSPS) is 12.4. The van der Waals surface area contributed by atoms with Crippen LogP contribution in [0.2, 0.25) is 5.02 Å². The molecule has 32 heavy (non-hydrogen) atoms. The van der Waals surface area contributed by atoms with Gasteiger partial charge in [-0.25, -0.2) is 0 Å². The van der Waals surface area contributed by atoms with Crippen LogP contribution in [-0.2, 0) is 6.42 Å². The van der Waals surface area contributed by atoms with E-state index in [2.05, 4.69) is 15.9 Å². The van der Waals surface area contributed by atoms with Gasteiger partial charge in [0.1, 0.15) is 5.75 Å². The van der Waals surface area contributed by atoms with E-state index >= 15 is 0 Å². The summed E-state index contributed by atoms with van der Waals surface area (Å²) in [7, 11) is 1.66. The summed E-state index contributed by atoms with van der Waals surface area (Å²) in [6, 6.07) is 12.7. The first-order valence-corrected chi connectivity index (χ1v) is 12.1. The Balaban J connectivity index is 1.65. The Morgan fingerprint density at radius 3 is 2.81 bits per heavy atom. The third kappa shape index (κ3) is 4.62. The molecule has 2 aromatic carbocycles. The lowest BCUT2D eigenvalue weighted by Crippen LogP contribution is -2.26. The number of halogens is 2. The molecule has 0 bridgehead atoms. The van der Waals surface area contributed by atoms with Crippen LogP contribution in [0.15, 0.2) is 46.9 Å². The second-order valence-corrected chi connectivity index (χ2v) is 9.86. The molecule has 1 aliphatic rings. The number of aliphatic hydroxyl groups is 1. The number of fused-ring (bicyclic) bond motifs is 3. The molecule has 1 amide bonds. The smallest absolute Gasteiger partial charge is 0.268 e. The van der Waals surface area contributed by atoms with Crippen LogP contribution in [0, 0.1) is 0 Å². The maximum atomic E-state index is 13.3. The Bertz CT molecular complexity index is 1190. The van der Waals surface area contributed by atoms with Crippen molar-refractivity contribution in [1.29, 1.82) is 0 Å².